The molecule has 6 heteroatoms. The van der Waals surface area contributed by atoms with Gasteiger partial charge in [0.1, 0.15) is 12.4 Å². The van der Waals surface area contributed by atoms with Crippen LogP contribution in [0.25, 0.3) is 11.0 Å². The minimum Gasteiger partial charge on any atom is -0.340 e. The van der Waals surface area contributed by atoms with E-state index >= 15 is 0 Å². The fourth-order valence-electron chi connectivity index (χ4n) is 3.84. The molecule has 130 valence electrons. The first-order valence-electron chi connectivity index (χ1n) is 8.83. The minimum atomic E-state index is 0.160. The maximum atomic E-state index is 12.9. The zero-order valence-electron chi connectivity index (χ0n) is 14.7. The quantitative estimate of drug-likeness (QED) is 0.799. The monoisotopic (exact) mass is 337 g/mol. The van der Waals surface area contributed by atoms with Gasteiger partial charge >= 0.3 is 0 Å². The van der Waals surface area contributed by atoms with Gasteiger partial charge in [0.05, 0.1) is 17.2 Å². The van der Waals surface area contributed by atoms with Crippen molar-refractivity contribution in [2.24, 2.45) is 0 Å². The van der Waals surface area contributed by atoms with Crippen LogP contribution in [0.2, 0.25) is 0 Å². The fraction of sp³-hybridized carbons (Fsp3) is 0.421. The third-order valence-corrected chi connectivity index (χ3v) is 5.19. The molecule has 6 nitrogen and oxygen atoms in total. The van der Waals surface area contributed by atoms with E-state index in [1.807, 2.05) is 46.9 Å². The van der Waals surface area contributed by atoms with Crippen LogP contribution >= 0.6 is 0 Å². The number of rotatable bonds is 3. The summed E-state index contributed by atoms with van der Waals surface area (Å²) in [6.07, 6.45) is 3.98. The van der Waals surface area contributed by atoms with E-state index in [4.69, 9.17) is 0 Å². The number of nitrogens with zero attached hydrogens (tertiary/aromatic N) is 4. The van der Waals surface area contributed by atoms with Gasteiger partial charge in [-0.05, 0) is 44.4 Å². The molecule has 1 N–H and O–H groups in total. The molecule has 0 radical (unpaired) electrons. The third-order valence-electron chi connectivity index (χ3n) is 5.19. The summed E-state index contributed by atoms with van der Waals surface area (Å²) in [6.45, 7) is 5.96. The number of carbonyl (C=O) groups excluding carboxylic acids is 1. The number of imidazole rings is 1. The molecule has 1 amide bonds. The van der Waals surface area contributed by atoms with E-state index in [1.165, 1.54) is 11.3 Å². The summed E-state index contributed by atoms with van der Waals surface area (Å²) in [5, 5.41) is 7.24. The average Bonchev–Trinajstić information content (AvgIpc) is 3.18. The summed E-state index contributed by atoms with van der Waals surface area (Å²) >= 11 is 0. The number of aromatic nitrogens is 4. The summed E-state index contributed by atoms with van der Waals surface area (Å²) in [7, 11) is 0. The Bertz CT molecular complexity index is 910. The number of piperidine rings is 1. The molecule has 3 aromatic rings. The Hall–Kier alpha value is -2.63. The summed E-state index contributed by atoms with van der Waals surface area (Å²) in [4.78, 5) is 19.5. The number of hydrogen-bond donors (Lipinski definition) is 1. The molecule has 1 unspecified atom stereocenters. The highest BCUT2D eigenvalue weighted by Gasteiger charge is 2.27. The van der Waals surface area contributed by atoms with E-state index in [0.717, 1.165) is 42.8 Å². The second-order valence-electron chi connectivity index (χ2n) is 6.88. The highest BCUT2D eigenvalue weighted by Crippen LogP contribution is 2.27. The molecule has 0 spiro atoms. The van der Waals surface area contributed by atoms with Crippen molar-refractivity contribution in [2.75, 3.05) is 13.1 Å². The Balaban J connectivity index is 1.52. The van der Waals surface area contributed by atoms with Crippen LogP contribution in [0.4, 0.5) is 0 Å². The molecule has 1 fully saturated rings. The standard InChI is InChI=1S/C19H23N5O/c1-13-10-20-22-19(13)15-6-5-9-23(11-15)18(25)12-24-14(2)21-16-7-3-4-8-17(16)24/h3-4,7-8,10,15H,5-6,9,11-12H2,1-2H3,(H,20,22). The van der Waals surface area contributed by atoms with Crippen molar-refractivity contribution in [2.45, 2.75) is 39.2 Å². The Morgan fingerprint density at radius 1 is 1.32 bits per heavy atom. The van der Waals surface area contributed by atoms with Crippen molar-refractivity contribution in [3.8, 4) is 0 Å². The van der Waals surface area contributed by atoms with E-state index in [1.54, 1.807) is 0 Å². The van der Waals surface area contributed by atoms with Crippen LogP contribution in [0, 0.1) is 13.8 Å². The summed E-state index contributed by atoms with van der Waals surface area (Å²) < 4.78 is 2.02. The van der Waals surface area contributed by atoms with Gasteiger partial charge in [0.2, 0.25) is 5.91 Å². The molecular weight excluding hydrogens is 314 g/mol. The van der Waals surface area contributed by atoms with Crippen LogP contribution < -0.4 is 0 Å². The molecule has 0 bridgehead atoms. The second kappa shape index (κ2) is 6.35. The predicted molar refractivity (Wildman–Crippen MR) is 96.3 cm³/mol. The summed E-state index contributed by atoms with van der Waals surface area (Å²) in [5.41, 5.74) is 4.31. The topological polar surface area (TPSA) is 66.8 Å². The summed E-state index contributed by atoms with van der Waals surface area (Å²) in [5.74, 6) is 1.39. The molecule has 25 heavy (non-hydrogen) atoms. The number of aromatic amines is 1. The van der Waals surface area contributed by atoms with Gasteiger partial charge in [-0.3, -0.25) is 9.89 Å². The fourth-order valence-corrected chi connectivity index (χ4v) is 3.84. The number of fused-ring (bicyclic) bond motifs is 1. The number of H-pyrrole nitrogens is 1. The van der Waals surface area contributed by atoms with Crippen LogP contribution in [0.5, 0.6) is 0 Å². The molecule has 0 saturated carbocycles. The molecular formula is C19H23N5O. The summed E-state index contributed by atoms with van der Waals surface area (Å²) in [6, 6.07) is 7.97. The number of benzene rings is 1. The van der Waals surface area contributed by atoms with Crippen molar-refractivity contribution in [1.29, 1.82) is 0 Å². The van der Waals surface area contributed by atoms with Gasteiger partial charge in [-0.2, -0.15) is 5.10 Å². The van der Waals surface area contributed by atoms with Gasteiger partial charge in [-0.25, -0.2) is 4.98 Å². The Labute approximate surface area is 146 Å². The smallest absolute Gasteiger partial charge is 0.242 e. The molecule has 1 aromatic carbocycles. The van der Waals surface area contributed by atoms with Gasteiger partial charge in [0, 0.05) is 24.7 Å². The number of likely N-dealkylation sites (tertiary alicyclic amines) is 1. The van der Waals surface area contributed by atoms with E-state index in [9.17, 15) is 4.79 Å². The lowest BCUT2D eigenvalue weighted by Crippen LogP contribution is -2.41. The first kappa shape index (κ1) is 15.9. The van der Waals surface area contributed by atoms with Crippen molar-refractivity contribution in [3.05, 3.63) is 47.5 Å². The average molecular weight is 337 g/mol. The molecule has 1 aliphatic rings. The van der Waals surface area contributed by atoms with Gasteiger partial charge in [0.25, 0.3) is 0 Å². The van der Waals surface area contributed by atoms with Gasteiger partial charge in [0.15, 0.2) is 0 Å². The maximum Gasteiger partial charge on any atom is 0.242 e. The second-order valence-corrected chi connectivity index (χ2v) is 6.88. The van der Waals surface area contributed by atoms with Crippen molar-refractivity contribution in [3.63, 3.8) is 0 Å². The highest BCUT2D eigenvalue weighted by atomic mass is 16.2. The number of hydrogen-bond acceptors (Lipinski definition) is 3. The lowest BCUT2D eigenvalue weighted by molar-refractivity contribution is -0.133. The van der Waals surface area contributed by atoms with Crippen molar-refractivity contribution >= 4 is 16.9 Å². The van der Waals surface area contributed by atoms with Gasteiger partial charge in [-0.15, -0.1) is 0 Å². The largest absolute Gasteiger partial charge is 0.340 e. The molecule has 1 atom stereocenters. The number of amides is 1. The van der Waals surface area contributed by atoms with E-state index in [2.05, 4.69) is 22.1 Å². The van der Waals surface area contributed by atoms with Gasteiger partial charge < -0.3 is 9.47 Å². The molecule has 3 heterocycles. The lowest BCUT2D eigenvalue weighted by Gasteiger charge is -2.33. The Morgan fingerprint density at radius 3 is 2.96 bits per heavy atom. The molecule has 1 aliphatic heterocycles. The zero-order chi connectivity index (χ0) is 17.4. The van der Waals surface area contributed by atoms with Gasteiger partial charge in [-0.1, -0.05) is 12.1 Å². The number of aryl methyl sites for hydroxylation is 2. The number of carbonyl (C=O) groups is 1. The molecule has 1 saturated heterocycles. The predicted octanol–water partition coefficient (Wildman–Crippen LogP) is 2.78. The maximum absolute atomic E-state index is 12.9. The number of nitrogens with one attached hydrogen (secondary N) is 1. The zero-order valence-corrected chi connectivity index (χ0v) is 14.7. The van der Waals surface area contributed by atoms with Crippen LogP contribution in [0.3, 0.4) is 0 Å². The molecule has 0 aliphatic carbocycles. The van der Waals surface area contributed by atoms with E-state index < -0.39 is 0 Å². The van der Waals surface area contributed by atoms with E-state index in [0.29, 0.717) is 12.5 Å². The first-order chi connectivity index (χ1) is 12.1. The minimum absolute atomic E-state index is 0.160. The molecule has 4 rings (SSSR count). The van der Waals surface area contributed by atoms with Crippen molar-refractivity contribution in [1.82, 2.24) is 24.6 Å². The van der Waals surface area contributed by atoms with Crippen LogP contribution in [0.1, 0.15) is 35.8 Å². The SMILES string of the molecule is Cc1cn[nH]c1C1CCCN(C(=O)Cn2c(C)nc3ccccc32)C1. The molecule has 2 aromatic heterocycles. The van der Waals surface area contributed by atoms with E-state index in [-0.39, 0.29) is 5.91 Å². The van der Waals surface area contributed by atoms with Crippen LogP contribution in [0.15, 0.2) is 30.5 Å². The Morgan fingerprint density at radius 2 is 2.16 bits per heavy atom. The van der Waals surface area contributed by atoms with Crippen molar-refractivity contribution < 1.29 is 4.79 Å². The highest BCUT2D eigenvalue weighted by molar-refractivity contribution is 5.81. The number of para-hydroxylation sites is 2. The Kier molecular flexibility index (Phi) is 4.03. The lowest BCUT2D eigenvalue weighted by atomic mass is 9.93. The normalized spacial score (nSPS) is 18.0. The van der Waals surface area contributed by atoms with Crippen LogP contribution in [-0.2, 0) is 11.3 Å². The van der Waals surface area contributed by atoms with Crippen LogP contribution in [-0.4, -0.2) is 43.6 Å². The first-order valence-corrected chi connectivity index (χ1v) is 8.83. The third kappa shape index (κ3) is 2.92.